The van der Waals surface area contributed by atoms with Crippen LogP contribution in [0.25, 0.3) is 0 Å². The summed E-state index contributed by atoms with van der Waals surface area (Å²) in [5.74, 6) is -0.0811. The molecule has 20 heavy (non-hydrogen) atoms. The molecule has 0 bridgehead atoms. The molecule has 2 rings (SSSR count). The zero-order valence-corrected chi connectivity index (χ0v) is 12.3. The third-order valence-corrected chi connectivity index (χ3v) is 4.99. The smallest absolute Gasteiger partial charge is 0.240 e. The Morgan fingerprint density at radius 1 is 1.30 bits per heavy atom. The van der Waals surface area contributed by atoms with Gasteiger partial charge in [0.2, 0.25) is 15.9 Å². The molecule has 1 aliphatic heterocycles. The molecule has 0 radical (unpaired) electrons. The first-order valence-corrected chi connectivity index (χ1v) is 8.00. The van der Waals surface area contributed by atoms with Gasteiger partial charge in [-0.05, 0) is 51.2 Å². The average Bonchev–Trinajstić information content (AvgIpc) is 2.85. The summed E-state index contributed by atoms with van der Waals surface area (Å²) in [4.78, 5) is 12.3. The van der Waals surface area contributed by atoms with Crippen molar-refractivity contribution in [2.45, 2.75) is 24.3 Å². The molecular weight excluding hydrogens is 278 g/mol. The Balaban J connectivity index is 2.06. The van der Waals surface area contributed by atoms with Crippen LogP contribution < -0.4 is 15.4 Å². The van der Waals surface area contributed by atoms with E-state index < -0.39 is 10.0 Å². The molecule has 3 N–H and O–H groups in total. The van der Waals surface area contributed by atoms with Crippen LogP contribution in [-0.2, 0) is 14.8 Å². The molecular formula is C13H19N3O3S. The molecule has 1 fully saturated rings. The Bertz CT molecular complexity index is 583. The quantitative estimate of drug-likeness (QED) is 0.756. The van der Waals surface area contributed by atoms with Gasteiger partial charge in [-0.25, -0.2) is 13.1 Å². The first kappa shape index (κ1) is 15.0. The summed E-state index contributed by atoms with van der Waals surface area (Å²) < 4.78 is 25.4. The molecule has 1 amide bonds. The zero-order chi connectivity index (χ0) is 14.8. The highest BCUT2D eigenvalue weighted by atomic mass is 32.2. The van der Waals surface area contributed by atoms with E-state index in [1.807, 2.05) is 6.92 Å². The van der Waals surface area contributed by atoms with Gasteiger partial charge in [0, 0.05) is 11.7 Å². The van der Waals surface area contributed by atoms with Crippen LogP contribution in [0.15, 0.2) is 29.2 Å². The lowest BCUT2D eigenvalue weighted by molar-refractivity contribution is -0.120. The van der Waals surface area contributed by atoms with Crippen molar-refractivity contribution in [1.82, 2.24) is 10.0 Å². The van der Waals surface area contributed by atoms with Crippen molar-refractivity contribution in [3.63, 3.8) is 0 Å². The average molecular weight is 297 g/mol. The fourth-order valence-corrected chi connectivity index (χ4v) is 3.02. The summed E-state index contributed by atoms with van der Waals surface area (Å²) >= 11 is 0. The number of amides is 1. The molecule has 7 heteroatoms. The molecule has 0 spiro atoms. The molecule has 2 unspecified atom stereocenters. The first-order valence-electron chi connectivity index (χ1n) is 6.52. The molecule has 1 saturated heterocycles. The van der Waals surface area contributed by atoms with E-state index in [1.165, 1.54) is 19.2 Å². The standard InChI is InChI=1S/C13H19N3O3S/c1-9-12(7-8-15-9)13(17)16-10-3-5-11(6-4-10)20(18,19)14-2/h3-6,9,12,14-15H,7-8H2,1-2H3,(H,16,17). The number of hydrogen-bond acceptors (Lipinski definition) is 4. The van der Waals surface area contributed by atoms with E-state index in [9.17, 15) is 13.2 Å². The van der Waals surface area contributed by atoms with E-state index >= 15 is 0 Å². The van der Waals surface area contributed by atoms with Gasteiger partial charge in [-0.3, -0.25) is 4.79 Å². The molecule has 0 saturated carbocycles. The Morgan fingerprint density at radius 3 is 2.45 bits per heavy atom. The SMILES string of the molecule is CNS(=O)(=O)c1ccc(NC(=O)C2CCNC2C)cc1. The number of benzene rings is 1. The van der Waals surface area contributed by atoms with Crippen LogP contribution in [0.4, 0.5) is 5.69 Å². The van der Waals surface area contributed by atoms with Gasteiger partial charge >= 0.3 is 0 Å². The summed E-state index contributed by atoms with van der Waals surface area (Å²) in [6.45, 7) is 2.83. The van der Waals surface area contributed by atoms with Crippen LogP contribution >= 0.6 is 0 Å². The second-order valence-electron chi connectivity index (χ2n) is 4.86. The van der Waals surface area contributed by atoms with E-state index in [4.69, 9.17) is 0 Å². The molecule has 6 nitrogen and oxygen atoms in total. The minimum absolute atomic E-state index is 0.0354. The van der Waals surface area contributed by atoms with E-state index in [1.54, 1.807) is 12.1 Å². The third-order valence-electron chi connectivity index (χ3n) is 3.56. The second kappa shape index (κ2) is 5.90. The van der Waals surface area contributed by atoms with Crippen LogP contribution in [0.3, 0.4) is 0 Å². The highest BCUT2D eigenvalue weighted by Crippen LogP contribution is 2.19. The number of carbonyl (C=O) groups excluding carboxylic acids is 1. The molecule has 1 aromatic rings. The fourth-order valence-electron chi connectivity index (χ4n) is 2.29. The maximum absolute atomic E-state index is 12.1. The Morgan fingerprint density at radius 2 is 1.95 bits per heavy atom. The van der Waals surface area contributed by atoms with Crippen LogP contribution in [0.5, 0.6) is 0 Å². The fraction of sp³-hybridized carbons (Fsp3) is 0.462. The number of rotatable bonds is 4. The minimum atomic E-state index is -3.44. The van der Waals surface area contributed by atoms with Gasteiger partial charge in [-0.2, -0.15) is 0 Å². The summed E-state index contributed by atoms with van der Waals surface area (Å²) in [5, 5.41) is 6.04. The summed E-state index contributed by atoms with van der Waals surface area (Å²) in [7, 11) is -2.08. The lowest BCUT2D eigenvalue weighted by Gasteiger charge is -2.15. The van der Waals surface area contributed by atoms with Crippen molar-refractivity contribution in [2.75, 3.05) is 18.9 Å². The van der Waals surface area contributed by atoms with Crippen molar-refractivity contribution in [2.24, 2.45) is 5.92 Å². The molecule has 1 heterocycles. The van der Waals surface area contributed by atoms with Gasteiger partial charge < -0.3 is 10.6 Å². The first-order chi connectivity index (χ1) is 9.44. The molecule has 0 aliphatic carbocycles. The van der Waals surface area contributed by atoms with E-state index in [2.05, 4.69) is 15.4 Å². The maximum atomic E-state index is 12.1. The van der Waals surface area contributed by atoms with Gasteiger partial charge in [0.1, 0.15) is 0 Å². The number of anilines is 1. The lowest BCUT2D eigenvalue weighted by Crippen LogP contribution is -2.32. The van der Waals surface area contributed by atoms with Crippen LogP contribution in [0.2, 0.25) is 0 Å². The molecule has 2 atom stereocenters. The molecule has 1 aromatic carbocycles. The van der Waals surface area contributed by atoms with Crippen molar-refractivity contribution in [1.29, 1.82) is 0 Å². The number of nitrogens with one attached hydrogen (secondary N) is 3. The number of hydrogen-bond donors (Lipinski definition) is 3. The Labute approximate surface area is 119 Å². The predicted molar refractivity (Wildman–Crippen MR) is 76.9 cm³/mol. The van der Waals surface area contributed by atoms with Crippen LogP contribution in [-0.4, -0.2) is 34.0 Å². The van der Waals surface area contributed by atoms with Crippen molar-refractivity contribution < 1.29 is 13.2 Å². The molecule has 0 aromatic heterocycles. The van der Waals surface area contributed by atoms with Gasteiger partial charge in [0.05, 0.1) is 10.8 Å². The van der Waals surface area contributed by atoms with Crippen molar-refractivity contribution >= 4 is 21.6 Å². The van der Waals surface area contributed by atoms with Gasteiger partial charge in [0.15, 0.2) is 0 Å². The Kier molecular flexibility index (Phi) is 4.42. The van der Waals surface area contributed by atoms with Gasteiger partial charge in [-0.15, -0.1) is 0 Å². The highest BCUT2D eigenvalue weighted by molar-refractivity contribution is 7.89. The normalized spacial score (nSPS) is 22.7. The molecule has 110 valence electrons. The Hall–Kier alpha value is -1.44. The van der Waals surface area contributed by atoms with Crippen molar-refractivity contribution in [3.05, 3.63) is 24.3 Å². The van der Waals surface area contributed by atoms with E-state index in [0.29, 0.717) is 5.69 Å². The minimum Gasteiger partial charge on any atom is -0.326 e. The summed E-state index contributed by atoms with van der Waals surface area (Å²) in [6, 6.07) is 6.29. The third kappa shape index (κ3) is 3.17. The van der Waals surface area contributed by atoms with E-state index in [-0.39, 0.29) is 22.8 Å². The van der Waals surface area contributed by atoms with Crippen molar-refractivity contribution in [3.8, 4) is 0 Å². The van der Waals surface area contributed by atoms with E-state index in [0.717, 1.165) is 13.0 Å². The van der Waals surface area contributed by atoms with Gasteiger partial charge in [0.25, 0.3) is 0 Å². The predicted octanol–water partition coefficient (Wildman–Crippen LogP) is 0.531. The topological polar surface area (TPSA) is 87.3 Å². The second-order valence-corrected chi connectivity index (χ2v) is 6.75. The van der Waals surface area contributed by atoms with Crippen LogP contribution in [0.1, 0.15) is 13.3 Å². The largest absolute Gasteiger partial charge is 0.326 e. The maximum Gasteiger partial charge on any atom is 0.240 e. The number of carbonyl (C=O) groups is 1. The highest BCUT2D eigenvalue weighted by Gasteiger charge is 2.29. The number of sulfonamides is 1. The monoisotopic (exact) mass is 297 g/mol. The summed E-state index contributed by atoms with van der Waals surface area (Å²) in [5.41, 5.74) is 0.601. The molecule has 1 aliphatic rings. The van der Waals surface area contributed by atoms with Crippen LogP contribution in [0, 0.1) is 5.92 Å². The summed E-state index contributed by atoms with van der Waals surface area (Å²) in [6.07, 6.45) is 0.819. The lowest BCUT2D eigenvalue weighted by atomic mass is 10.0. The van der Waals surface area contributed by atoms with Gasteiger partial charge in [-0.1, -0.05) is 0 Å². The zero-order valence-electron chi connectivity index (χ0n) is 11.5.